The van der Waals surface area contributed by atoms with Crippen LogP contribution in [0.3, 0.4) is 0 Å². The highest BCUT2D eigenvalue weighted by Gasteiger charge is 2.09. The molecule has 116 valence electrons. The summed E-state index contributed by atoms with van der Waals surface area (Å²) in [5.41, 5.74) is 1.53. The van der Waals surface area contributed by atoms with E-state index >= 15 is 0 Å². The number of hydrogen-bond acceptors (Lipinski definition) is 2. The van der Waals surface area contributed by atoms with Crippen molar-refractivity contribution in [3.63, 3.8) is 0 Å². The first kappa shape index (κ1) is 19.2. The molecule has 0 spiro atoms. The third-order valence-corrected chi connectivity index (χ3v) is 2.98. The van der Waals surface area contributed by atoms with E-state index in [0.29, 0.717) is 5.41 Å². The van der Waals surface area contributed by atoms with Gasteiger partial charge in [-0.2, -0.15) is 5.10 Å². The van der Waals surface area contributed by atoms with E-state index in [1.165, 1.54) is 6.42 Å². The minimum absolute atomic E-state index is 0. The zero-order chi connectivity index (χ0) is 14.3. The van der Waals surface area contributed by atoms with Crippen molar-refractivity contribution in [3.05, 3.63) is 18.0 Å². The monoisotopic (exact) mass is 393 g/mol. The van der Waals surface area contributed by atoms with E-state index in [0.717, 1.165) is 31.2 Å². The molecule has 0 bridgehead atoms. The zero-order valence-corrected chi connectivity index (χ0v) is 15.6. The summed E-state index contributed by atoms with van der Waals surface area (Å²) in [6.07, 6.45) is 4.16. The summed E-state index contributed by atoms with van der Waals surface area (Å²) in [7, 11) is 3.73. The molecule has 0 unspecified atom stereocenters. The molecule has 0 aliphatic heterocycles. The topological polar surface area (TPSA) is 54.2 Å². The molecule has 1 rings (SSSR count). The number of nitrogens with zero attached hydrogens (tertiary/aromatic N) is 3. The molecule has 5 nitrogen and oxygen atoms in total. The lowest BCUT2D eigenvalue weighted by Gasteiger charge is -2.18. The highest BCUT2D eigenvalue weighted by molar-refractivity contribution is 14.0. The van der Waals surface area contributed by atoms with Crippen LogP contribution in [0.5, 0.6) is 0 Å². The Morgan fingerprint density at radius 3 is 2.55 bits per heavy atom. The Hall–Kier alpha value is -0.790. The van der Waals surface area contributed by atoms with Crippen molar-refractivity contribution in [1.82, 2.24) is 20.4 Å². The second kappa shape index (κ2) is 9.20. The maximum absolute atomic E-state index is 4.22. The van der Waals surface area contributed by atoms with Gasteiger partial charge in [0, 0.05) is 26.8 Å². The second-order valence-electron chi connectivity index (χ2n) is 5.96. The van der Waals surface area contributed by atoms with Crippen molar-refractivity contribution in [2.75, 3.05) is 13.6 Å². The van der Waals surface area contributed by atoms with Crippen molar-refractivity contribution in [3.8, 4) is 0 Å². The summed E-state index contributed by atoms with van der Waals surface area (Å²) in [4.78, 5) is 4.22. The van der Waals surface area contributed by atoms with Crippen LogP contribution in [0.1, 0.15) is 39.3 Å². The van der Waals surface area contributed by atoms with Gasteiger partial charge in [-0.3, -0.25) is 9.67 Å². The summed E-state index contributed by atoms with van der Waals surface area (Å²) in [5, 5.41) is 10.8. The Kier molecular flexibility index (Phi) is 8.84. The van der Waals surface area contributed by atoms with Gasteiger partial charge in [0.2, 0.25) is 0 Å². The van der Waals surface area contributed by atoms with Gasteiger partial charge in [0.25, 0.3) is 0 Å². The minimum atomic E-state index is 0. The predicted octanol–water partition coefficient (Wildman–Crippen LogP) is 2.53. The largest absolute Gasteiger partial charge is 0.356 e. The lowest BCUT2D eigenvalue weighted by atomic mass is 9.91. The minimum Gasteiger partial charge on any atom is -0.356 e. The van der Waals surface area contributed by atoms with Crippen LogP contribution in [-0.4, -0.2) is 29.3 Å². The number of nitrogens with one attached hydrogen (secondary N) is 2. The third kappa shape index (κ3) is 7.72. The fourth-order valence-corrected chi connectivity index (χ4v) is 1.80. The van der Waals surface area contributed by atoms with E-state index in [1.54, 1.807) is 13.2 Å². The highest BCUT2D eigenvalue weighted by Crippen LogP contribution is 2.19. The predicted molar refractivity (Wildman–Crippen MR) is 95.5 cm³/mol. The molecular formula is C14H28IN5. The maximum atomic E-state index is 4.22. The Labute approximate surface area is 139 Å². The molecule has 1 aromatic heterocycles. The summed E-state index contributed by atoms with van der Waals surface area (Å²) in [6, 6.07) is 2.00. The van der Waals surface area contributed by atoms with Gasteiger partial charge in [-0.25, -0.2) is 0 Å². The molecule has 20 heavy (non-hydrogen) atoms. The second-order valence-corrected chi connectivity index (χ2v) is 5.96. The lowest BCUT2D eigenvalue weighted by molar-refractivity contribution is 0.365. The molecule has 0 fully saturated rings. The Balaban J connectivity index is 0.00000361. The molecule has 0 aliphatic rings. The molecule has 2 N–H and O–H groups in total. The van der Waals surface area contributed by atoms with Gasteiger partial charge in [-0.05, 0) is 24.3 Å². The van der Waals surface area contributed by atoms with Gasteiger partial charge in [-0.1, -0.05) is 20.8 Å². The molecule has 0 saturated heterocycles. The highest BCUT2D eigenvalue weighted by atomic mass is 127. The number of hydrogen-bond donors (Lipinski definition) is 2. The normalized spacial score (nSPS) is 11.9. The molecule has 0 aromatic carbocycles. The smallest absolute Gasteiger partial charge is 0.191 e. The average molecular weight is 393 g/mol. The van der Waals surface area contributed by atoms with E-state index in [4.69, 9.17) is 0 Å². The van der Waals surface area contributed by atoms with Crippen LogP contribution in [0.4, 0.5) is 0 Å². The van der Waals surface area contributed by atoms with Crippen LogP contribution < -0.4 is 10.6 Å². The van der Waals surface area contributed by atoms with Crippen LogP contribution in [0.2, 0.25) is 0 Å². The zero-order valence-electron chi connectivity index (χ0n) is 13.2. The average Bonchev–Trinajstić information content (AvgIpc) is 2.73. The SMILES string of the molecule is CN=C(NCCCC(C)(C)C)NCc1ccnn1C.I. The first-order valence-electron chi connectivity index (χ1n) is 6.84. The Bertz CT molecular complexity index is 406. The van der Waals surface area contributed by atoms with Gasteiger partial charge in [0.1, 0.15) is 0 Å². The fraction of sp³-hybridized carbons (Fsp3) is 0.714. The van der Waals surface area contributed by atoms with Crippen molar-refractivity contribution in [2.24, 2.45) is 17.5 Å². The molecule has 0 atom stereocenters. The van der Waals surface area contributed by atoms with E-state index in [-0.39, 0.29) is 24.0 Å². The van der Waals surface area contributed by atoms with Gasteiger partial charge < -0.3 is 10.6 Å². The number of aliphatic imine (C=N–C) groups is 1. The number of aryl methyl sites for hydroxylation is 1. The molecule has 0 saturated carbocycles. The standard InChI is InChI=1S/C14H27N5.HI/c1-14(2,3)8-6-9-16-13(15-4)17-11-12-7-10-18-19(12)5;/h7,10H,6,8-9,11H2,1-5H3,(H2,15,16,17);1H. The van der Waals surface area contributed by atoms with Gasteiger partial charge in [0.05, 0.1) is 12.2 Å². The first-order chi connectivity index (χ1) is 8.92. The Morgan fingerprint density at radius 1 is 1.35 bits per heavy atom. The molecule has 1 heterocycles. The van der Waals surface area contributed by atoms with Gasteiger partial charge in [0.15, 0.2) is 5.96 Å². The number of aromatic nitrogens is 2. The lowest BCUT2D eigenvalue weighted by Crippen LogP contribution is -2.37. The fourth-order valence-electron chi connectivity index (χ4n) is 1.80. The molecule has 6 heteroatoms. The van der Waals surface area contributed by atoms with Crippen molar-refractivity contribution in [2.45, 2.75) is 40.2 Å². The molecule has 0 amide bonds. The van der Waals surface area contributed by atoms with E-state index in [2.05, 4.69) is 41.5 Å². The maximum Gasteiger partial charge on any atom is 0.191 e. The molecule has 0 radical (unpaired) electrons. The summed E-state index contributed by atoms with van der Waals surface area (Å²) >= 11 is 0. The number of halogens is 1. The summed E-state index contributed by atoms with van der Waals surface area (Å²) in [6.45, 7) is 8.48. The Morgan fingerprint density at radius 2 is 2.05 bits per heavy atom. The summed E-state index contributed by atoms with van der Waals surface area (Å²) < 4.78 is 1.86. The van der Waals surface area contributed by atoms with Crippen LogP contribution in [0.25, 0.3) is 0 Å². The molecular weight excluding hydrogens is 365 g/mol. The number of guanidine groups is 1. The van der Waals surface area contributed by atoms with E-state index in [9.17, 15) is 0 Å². The van der Waals surface area contributed by atoms with Crippen LogP contribution in [-0.2, 0) is 13.6 Å². The van der Waals surface area contributed by atoms with Crippen LogP contribution in [0.15, 0.2) is 17.3 Å². The molecule has 1 aromatic rings. The van der Waals surface area contributed by atoms with Gasteiger partial charge >= 0.3 is 0 Å². The summed E-state index contributed by atoms with van der Waals surface area (Å²) in [5.74, 6) is 0.843. The number of rotatable bonds is 5. The van der Waals surface area contributed by atoms with Crippen molar-refractivity contribution >= 4 is 29.9 Å². The van der Waals surface area contributed by atoms with Crippen LogP contribution >= 0.6 is 24.0 Å². The van der Waals surface area contributed by atoms with Gasteiger partial charge in [-0.15, -0.1) is 24.0 Å². The van der Waals surface area contributed by atoms with E-state index in [1.807, 2.05) is 17.8 Å². The third-order valence-electron chi connectivity index (χ3n) is 2.98. The van der Waals surface area contributed by atoms with Crippen LogP contribution in [0, 0.1) is 5.41 Å². The first-order valence-corrected chi connectivity index (χ1v) is 6.84. The molecule has 0 aliphatic carbocycles. The van der Waals surface area contributed by atoms with Crippen molar-refractivity contribution in [1.29, 1.82) is 0 Å². The van der Waals surface area contributed by atoms with Crippen molar-refractivity contribution < 1.29 is 0 Å². The van der Waals surface area contributed by atoms with E-state index < -0.39 is 0 Å². The quantitative estimate of drug-likeness (QED) is 0.350.